The Morgan fingerprint density at radius 2 is 1.57 bits per heavy atom. The van der Waals surface area contributed by atoms with Gasteiger partial charge in [0.25, 0.3) is 0 Å². The van der Waals surface area contributed by atoms with Crippen molar-refractivity contribution in [3.05, 3.63) is 102 Å². The molecule has 0 aliphatic rings. The summed E-state index contributed by atoms with van der Waals surface area (Å²) in [4.78, 5) is 4.83. The summed E-state index contributed by atoms with van der Waals surface area (Å²) in [5.74, 6) is 0.654. The van der Waals surface area contributed by atoms with Crippen molar-refractivity contribution in [1.82, 2.24) is 35.4 Å². The third-order valence-electron chi connectivity index (χ3n) is 6.50. The second-order valence-corrected chi connectivity index (χ2v) is 8.81. The van der Waals surface area contributed by atoms with Gasteiger partial charge < -0.3 is 0 Å². The van der Waals surface area contributed by atoms with E-state index in [0.29, 0.717) is 12.4 Å². The van der Waals surface area contributed by atoms with Crippen molar-refractivity contribution in [2.75, 3.05) is 0 Å². The first-order valence-corrected chi connectivity index (χ1v) is 12.1. The smallest absolute Gasteiger partial charge is 0.180 e. The molecule has 0 radical (unpaired) electrons. The second kappa shape index (κ2) is 10.3. The highest BCUT2D eigenvalue weighted by atomic mass is 35.5. The summed E-state index contributed by atoms with van der Waals surface area (Å²) in [6.07, 6.45) is 0.886. The van der Waals surface area contributed by atoms with Crippen LogP contribution in [-0.2, 0) is 13.0 Å². The van der Waals surface area contributed by atoms with E-state index < -0.39 is 0 Å². The molecule has 8 heteroatoms. The van der Waals surface area contributed by atoms with E-state index in [1.54, 1.807) is 0 Å². The molecule has 0 aliphatic heterocycles. The zero-order valence-electron chi connectivity index (χ0n) is 20.6. The van der Waals surface area contributed by atoms with Gasteiger partial charge in [-0.3, -0.25) is 9.67 Å². The van der Waals surface area contributed by atoms with Gasteiger partial charge in [0, 0.05) is 27.9 Å². The van der Waals surface area contributed by atoms with Crippen LogP contribution in [0.25, 0.3) is 44.7 Å². The Morgan fingerprint density at radius 1 is 0.838 bits per heavy atom. The molecule has 3 heterocycles. The van der Waals surface area contributed by atoms with Crippen molar-refractivity contribution in [1.29, 1.82) is 0 Å². The van der Waals surface area contributed by atoms with Gasteiger partial charge >= 0.3 is 0 Å². The molecule has 0 atom stereocenters. The number of H-pyrrole nitrogens is 1. The molecule has 184 valence electrons. The molecule has 0 spiro atoms. The molecule has 0 unspecified atom stereocenters. The number of nitrogens with zero attached hydrogens (tertiary/aromatic N) is 6. The summed E-state index contributed by atoms with van der Waals surface area (Å²) in [5.41, 5.74) is 9.62. The number of aromatic amines is 1. The Hall–Kier alpha value is -4.36. The maximum absolute atomic E-state index is 5.07. The third-order valence-corrected chi connectivity index (χ3v) is 6.50. The Kier molecular flexibility index (Phi) is 6.79. The van der Waals surface area contributed by atoms with Crippen LogP contribution in [0, 0.1) is 6.92 Å². The molecule has 37 heavy (non-hydrogen) atoms. The summed E-state index contributed by atoms with van der Waals surface area (Å²) in [5, 5.41) is 20.6. The number of tetrazole rings is 1. The van der Waals surface area contributed by atoms with Gasteiger partial charge in [0.1, 0.15) is 5.69 Å². The maximum atomic E-state index is 5.07. The number of halogens is 1. The Bertz CT molecular complexity index is 1640. The molecule has 0 saturated heterocycles. The summed E-state index contributed by atoms with van der Waals surface area (Å²) < 4.78 is 2.11. The molecule has 1 N–H and O–H groups in total. The van der Waals surface area contributed by atoms with Crippen LogP contribution in [0.4, 0.5) is 0 Å². The van der Waals surface area contributed by atoms with Crippen LogP contribution >= 0.6 is 12.4 Å². The molecule has 0 amide bonds. The van der Waals surface area contributed by atoms with Crippen LogP contribution in [0.5, 0.6) is 0 Å². The minimum atomic E-state index is 0. The van der Waals surface area contributed by atoms with Crippen molar-refractivity contribution in [3.63, 3.8) is 0 Å². The number of rotatable bonds is 6. The molecule has 0 saturated carbocycles. The molecule has 6 rings (SSSR count). The Labute approximate surface area is 221 Å². The van der Waals surface area contributed by atoms with E-state index in [9.17, 15) is 0 Å². The highest BCUT2D eigenvalue weighted by molar-refractivity contribution is 5.95. The molecule has 0 fully saturated rings. The number of aromatic nitrogens is 7. The highest BCUT2D eigenvalue weighted by Crippen LogP contribution is 2.32. The van der Waals surface area contributed by atoms with Gasteiger partial charge in [-0.1, -0.05) is 85.8 Å². The van der Waals surface area contributed by atoms with Gasteiger partial charge in [0.15, 0.2) is 5.82 Å². The van der Waals surface area contributed by atoms with Crippen molar-refractivity contribution >= 4 is 23.3 Å². The van der Waals surface area contributed by atoms with Crippen molar-refractivity contribution in [2.24, 2.45) is 0 Å². The molecular formula is C29H26ClN7. The van der Waals surface area contributed by atoms with E-state index >= 15 is 0 Å². The topological polar surface area (TPSA) is 85.2 Å². The first-order valence-electron chi connectivity index (χ1n) is 12.1. The van der Waals surface area contributed by atoms with Crippen molar-refractivity contribution in [2.45, 2.75) is 26.8 Å². The van der Waals surface area contributed by atoms with E-state index in [4.69, 9.17) is 10.1 Å². The molecule has 3 aromatic carbocycles. The number of benzene rings is 3. The van der Waals surface area contributed by atoms with Crippen LogP contribution < -0.4 is 0 Å². The fourth-order valence-corrected chi connectivity index (χ4v) is 4.72. The quantitative estimate of drug-likeness (QED) is 0.286. The van der Waals surface area contributed by atoms with Crippen LogP contribution in [-0.4, -0.2) is 35.4 Å². The van der Waals surface area contributed by atoms with Gasteiger partial charge in [-0.2, -0.15) is 5.10 Å². The minimum Gasteiger partial charge on any atom is -0.260 e. The van der Waals surface area contributed by atoms with Crippen molar-refractivity contribution in [3.8, 4) is 33.8 Å². The van der Waals surface area contributed by atoms with E-state index in [1.165, 1.54) is 5.56 Å². The lowest BCUT2D eigenvalue weighted by Gasteiger charge is -2.09. The van der Waals surface area contributed by atoms with E-state index in [-0.39, 0.29) is 12.4 Å². The Balaban J connectivity index is 0.00000280. The molecule has 7 nitrogen and oxygen atoms in total. The molecular weight excluding hydrogens is 482 g/mol. The number of aryl methyl sites for hydroxylation is 2. The van der Waals surface area contributed by atoms with Gasteiger partial charge in [-0.15, -0.1) is 17.5 Å². The third kappa shape index (κ3) is 4.61. The zero-order valence-corrected chi connectivity index (χ0v) is 21.4. The summed E-state index contributed by atoms with van der Waals surface area (Å²) >= 11 is 0. The molecule has 0 aliphatic carbocycles. The largest absolute Gasteiger partial charge is 0.260 e. The van der Waals surface area contributed by atoms with Crippen LogP contribution in [0.15, 0.2) is 84.9 Å². The minimum absolute atomic E-state index is 0. The lowest BCUT2D eigenvalue weighted by molar-refractivity contribution is 0.714. The predicted molar refractivity (Wildman–Crippen MR) is 148 cm³/mol. The lowest BCUT2D eigenvalue weighted by atomic mass is 9.98. The van der Waals surface area contributed by atoms with Gasteiger partial charge in [-0.05, 0) is 46.5 Å². The second-order valence-electron chi connectivity index (χ2n) is 8.81. The van der Waals surface area contributed by atoms with Crippen LogP contribution in [0.2, 0.25) is 0 Å². The van der Waals surface area contributed by atoms with Gasteiger partial charge in [0.2, 0.25) is 0 Å². The van der Waals surface area contributed by atoms with Gasteiger partial charge in [-0.25, -0.2) is 5.10 Å². The molecule has 0 bridgehead atoms. The highest BCUT2D eigenvalue weighted by Gasteiger charge is 2.17. The maximum Gasteiger partial charge on any atom is 0.180 e. The monoisotopic (exact) mass is 507 g/mol. The Morgan fingerprint density at radius 3 is 2.27 bits per heavy atom. The normalized spacial score (nSPS) is 11.0. The summed E-state index contributed by atoms with van der Waals surface area (Å²) in [6, 6.07) is 29.3. The van der Waals surface area contributed by atoms with Crippen molar-refractivity contribution < 1.29 is 0 Å². The number of hydrogen-bond donors (Lipinski definition) is 1. The number of hydrogen-bond acceptors (Lipinski definition) is 5. The van der Waals surface area contributed by atoms with Crippen LogP contribution in [0.3, 0.4) is 0 Å². The number of nitrogens with one attached hydrogen (secondary N) is 1. The standard InChI is InChI=1S/C29H25N7.ClH/c1-3-23-17-26-27(19(2)30-23)28(22-9-5-4-6-10-22)33-36(26)18-20-13-15-21(16-14-20)24-11-7-8-12-25(24)29-31-34-35-32-29;/h4-17H,3,18H2,1-2H3,(H,31,32,34,35);1H. The van der Waals surface area contributed by atoms with E-state index in [0.717, 1.165) is 56.7 Å². The molecule has 6 aromatic rings. The fraction of sp³-hybridized carbons (Fsp3) is 0.138. The first kappa shape index (κ1) is 24.3. The summed E-state index contributed by atoms with van der Waals surface area (Å²) in [7, 11) is 0. The molecule has 3 aromatic heterocycles. The first-order chi connectivity index (χ1) is 17.7. The van der Waals surface area contributed by atoms with Gasteiger partial charge in [0.05, 0.1) is 12.1 Å². The SMILES string of the molecule is CCc1cc2c(c(C)n1)c(-c1ccccc1)nn2Cc1ccc(-c2ccccc2-c2nnn[nH]2)cc1.Cl. The fourth-order valence-electron chi connectivity index (χ4n) is 4.72. The zero-order chi connectivity index (χ0) is 24.5. The van der Waals surface area contributed by atoms with E-state index in [2.05, 4.69) is 99.8 Å². The summed E-state index contributed by atoms with van der Waals surface area (Å²) in [6.45, 7) is 4.89. The average Bonchev–Trinajstić information content (AvgIpc) is 3.59. The lowest BCUT2D eigenvalue weighted by Crippen LogP contribution is -2.02. The predicted octanol–water partition coefficient (Wildman–Crippen LogP) is 6.29. The van der Waals surface area contributed by atoms with Crippen LogP contribution in [0.1, 0.15) is 23.9 Å². The van der Waals surface area contributed by atoms with E-state index in [1.807, 2.05) is 24.3 Å². The average molecular weight is 508 g/mol. The number of fused-ring (bicyclic) bond motifs is 1. The number of pyridine rings is 1.